The minimum Gasteiger partial charge on any atom is -0.492 e. The lowest BCUT2D eigenvalue weighted by Gasteiger charge is -2.10. The molecule has 0 atom stereocenters. The number of hydrogen-bond donors (Lipinski definition) is 0. The van der Waals surface area contributed by atoms with Crippen molar-refractivity contribution in [2.24, 2.45) is 0 Å². The molecule has 6 heteroatoms. The molecule has 0 aliphatic heterocycles. The Kier molecular flexibility index (Phi) is 8.26. The second kappa shape index (κ2) is 10.2. The summed E-state index contributed by atoms with van der Waals surface area (Å²) in [6.07, 6.45) is 4.57. The van der Waals surface area contributed by atoms with Crippen molar-refractivity contribution in [3.8, 4) is 11.5 Å². The van der Waals surface area contributed by atoms with Crippen LogP contribution in [0.3, 0.4) is 0 Å². The largest absolute Gasteiger partial charge is 0.492 e. The Bertz CT molecular complexity index is 755. The van der Waals surface area contributed by atoms with Gasteiger partial charge in [0.15, 0.2) is 0 Å². The number of carbonyl (C=O) groups excluding carboxylic acids is 1. The predicted molar refractivity (Wildman–Crippen MR) is 110 cm³/mol. The van der Waals surface area contributed by atoms with E-state index in [1.807, 2.05) is 0 Å². The Hall–Kier alpha value is -1.23. The molecule has 0 N–H and O–H groups in total. The monoisotopic (exact) mass is 458 g/mol. The van der Waals surface area contributed by atoms with Gasteiger partial charge < -0.3 is 9.47 Å². The molecular formula is C20H21BrCl2O3. The summed E-state index contributed by atoms with van der Waals surface area (Å²) < 4.78 is 11.8. The first-order valence-corrected chi connectivity index (χ1v) is 10.1. The number of rotatable bonds is 8. The highest BCUT2D eigenvalue weighted by atomic mass is 79.9. The summed E-state index contributed by atoms with van der Waals surface area (Å²) in [5.74, 6) is 0.527. The Morgan fingerprint density at radius 3 is 2.38 bits per heavy atom. The van der Waals surface area contributed by atoms with Gasteiger partial charge in [0, 0.05) is 10.0 Å². The van der Waals surface area contributed by atoms with Crippen molar-refractivity contribution in [2.75, 3.05) is 6.61 Å². The summed E-state index contributed by atoms with van der Waals surface area (Å²) in [4.78, 5) is 12.3. The fourth-order valence-corrected chi connectivity index (χ4v) is 3.26. The van der Waals surface area contributed by atoms with Gasteiger partial charge in [0.05, 0.1) is 16.6 Å². The Balaban J connectivity index is 2.00. The van der Waals surface area contributed by atoms with Crippen molar-refractivity contribution in [2.45, 2.75) is 39.5 Å². The van der Waals surface area contributed by atoms with Crippen LogP contribution in [0.25, 0.3) is 0 Å². The third-order valence-corrected chi connectivity index (χ3v) is 5.29. The zero-order chi connectivity index (χ0) is 19.1. The molecule has 140 valence electrons. The number of esters is 1. The van der Waals surface area contributed by atoms with E-state index < -0.39 is 5.97 Å². The Labute approximate surface area is 172 Å². The van der Waals surface area contributed by atoms with Crippen LogP contribution < -0.4 is 9.47 Å². The van der Waals surface area contributed by atoms with Gasteiger partial charge in [-0.3, -0.25) is 0 Å². The number of benzene rings is 2. The highest BCUT2D eigenvalue weighted by Gasteiger charge is 2.13. The van der Waals surface area contributed by atoms with Crippen molar-refractivity contribution in [1.82, 2.24) is 0 Å². The molecule has 2 aromatic carbocycles. The molecule has 0 aliphatic carbocycles. The van der Waals surface area contributed by atoms with Crippen molar-refractivity contribution < 1.29 is 14.3 Å². The van der Waals surface area contributed by atoms with E-state index in [2.05, 4.69) is 22.9 Å². The molecule has 0 radical (unpaired) electrons. The topological polar surface area (TPSA) is 35.5 Å². The van der Waals surface area contributed by atoms with Crippen LogP contribution in [0, 0.1) is 6.92 Å². The normalized spacial score (nSPS) is 10.7. The van der Waals surface area contributed by atoms with E-state index in [9.17, 15) is 4.79 Å². The number of unbranched alkanes of at least 4 members (excludes halogenated alkanes) is 3. The molecule has 2 rings (SSSR count). The van der Waals surface area contributed by atoms with Crippen LogP contribution in [-0.2, 0) is 0 Å². The molecule has 3 nitrogen and oxygen atoms in total. The fourth-order valence-electron chi connectivity index (χ4n) is 2.30. The highest BCUT2D eigenvalue weighted by Crippen LogP contribution is 2.31. The van der Waals surface area contributed by atoms with Crippen LogP contribution >= 0.6 is 39.1 Å². The SMILES string of the molecule is CCCCCCOc1ccc(C(=O)Oc2cc(Cl)c(C)c(Cl)c2)cc1Br. The lowest BCUT2D eigenvalue weighted by molar-refractivity contribution is 0.0734. The van der Waals surface area contributed by atoms with E-state index in [-0.39, 0.29) is 0 Å². The zero-order valence-corrected chi connectivity index (χ0v) is 17.9. The van der Waals surface area contributed by atoms with E-state index in [1.165, 1.54) is 12.8 Å². The molecule has 0 unspecified atom stereocenters. The summed E-state index contributed by atoms with van der Waals surface area (Å²) in [5, 5.41) is 0.904. The first-order valence-electron chi connectivity index (χ1n) is 8.52. The number of halogens is 3. The van der Waals surface area contributed by atoms with Crippen LogP contribution in [0.4, 0.5) is 0 Å². The summed E-state index contributed by atoms with van der Waals surface area (Å²) >= 11 is 15.6. The van der Waals surface area contributed by atoms with Crippen molar-refractivity contribution in [3.05, 3.63) is 56.0 Å². The second-order valence-electron chi connectivity index (χ2n) is 5.96. The van der Waals surface area contributed by atoms with E-state index in [4.69, 9.17) is 32.7 Å². The maximum Gasteiger partial charge on any atom is 0.343 e. The van der Waals surface area contributed by atoms with Crippen LogP contribution in [0.1, 0.15) is 48.5 Å². The molecule has 0 bridgehead atoms. The molecule has 0 aromatic heterocycles. The predicted octanol–water partition coefficient (Wildman–Crippen LogP) is 7.24. The van der Waals surface area contributed by atoms with Crippen LogP contribution in [0.5, 0.6) is 11.5 Å². The Morgan fingerprint density at radius 2 is 1.77 bits per heavy atom. The van der Waals surface area contributed by atoms with Gasteiger partial charge in [-0.15, -0.1) is 0 Å². The second-order valence-corrected chi connectivity index (χ2v) is 7.62. The molecule has 0 saturated heterocycles. The molecular weight excluding hydrogens is 439 g/mol. The van der Waals surface area contributed by atoms with Gasteiger partial charge in [0.25, 0.3) is 0 Å². The van der Waals surface area contributed by atoms with Crippen molar-refractivity contribution in [3.63, 3.8) is 0 Å². The number of hydrogen-bond acceptors (Lipinski definition) is 3. The first kappa shape index (κ1) is 21.1. The van der Waals surface area contributed by atoms with Gasteiger partial charge in [0.1, 0.15) is 11.5 Å². The molecule has 26 heavy (non-hydrogen) atoms. The van der Waals surface area contributed by atoms with Crippen molar-refractivity contribution in [1.29, 1.82) is 0 Å². The summed E-state index contributed by atoms with van der Waals surface area (Å²) in [6.45, 7) is 4.63. The quantitative estimate of drug-likeness (QED) is 0.237. The zero-order valence-electron chi connectivity index (χ0n) is 14.8. The maximum absolute atomic E-state index is 12.3. The summed E-state index contributed by atoms with van der Waals surface area (Å²) in [5.41, 5.74) is 1.15. The van der Waals surface area contributed by atoms with Gasteiger partial charge in [-0.1, -0.05) is 49.4 Å². The van der Waals surface area contributed by atoms with E-state index in [0.717, 1.165) is 18.4 Å². The third-order valence-electron chi connectivity index (χ3n) is 3.89. The molecule has 0 amide bonds. The highest BCUT2D eigenvalue weighted by molar-refractivity contribution is 9.10. The Morgan fingerprint density at radius 1 is 1.08 bits per heavy atom. The molecule has 0 spiro atoms. The smallest absolute Gasteiger partial charge is 0.343 e. The lowest BCUT2D eigenvalue weighted by atomic mass is 10.2. The standard InChI is InChI=1S/C20H21BrCl2O3/c1-3-4-5-6-9-25-19-8-7-14(10-16(19)21)20(24)26-15-11-17(22)13(2)18(23)12-15/h7-8,10-12H,3-6,9H2,1-2H3. The molecule has 0 fully saturated rings. The first-order chi connectivity index (χ1) is 12.4. The van der Waals surface area contributed by atoms with Crippen molar-refractivity contribution >= 4 is 45.1 Å². The minimum atomic E-state index is -0.490. The number of ether oxygens (including phenoxy) is 2. The van der Waals surface area contributed by atoms with Gasteiger partial charge >= 0.3 is 5.97 Å². The van der Waals surface area contributed by atoms with E-state index >= 15 is 0 Å². The minimum absolute atomic E-state index is 0.308. The van der Waals surface area contributed by atoms with Gasteiger partial charge in [-0.2, -0.15) is 0 Å². The average Bonchev–Trinajstić information content (AvgIpc) is 2.60. The molecule has 2 aromatic rings. The third kappa shape index (κ3) is 5.90. The summed E-state index contributed by atoms with van der Waals surface area (Å²) in [7, 11) is 0. The average molecular weight is 460 g/mol. The van der Waals surface area contributed by atoms with Crippen LogP contribution in [0.2, 0.25) is 10.0 Å². The molecule has 0 saturated carbocycles. The van der Waals surface area contributed by atoms with Crippen LogP contribution in [0.15, 0.2) is 34.8 Å². The summed E-state index contributed by atoms with van der Waals surface area (Å²) in [6, 6.07) is 8.26. The van der Waals surface area contributed by atoms with Gasteiger partial charge in [-0.25, -0.2) is 4.79 Å². The van der Waals surface area contributed by atoms with Gasteiger partial charge in [-0.05, 0) is 65.2 Å². The van der Waals surface area contributed by atoms with E-state index in [1.54, 1.807) is 37.3 Å². The molecule has 0 aliphatic rings. The fraction of sp³-hybridized carbons (Fsp3) is 0.350. The number of carbonyl (C=O) groups is 1. The molecule has 0 heterocycles. The maximum atomic E-state index is 12.3. The van der Waals surface area contributed by atoms with Crippen LogP contribution in [-0.4, -0.2) is 12.6 Å². The lowest BCUT2D eigenvalue weighted by Crippen LogP contribution is -2.09. The van der Waals surface area contributed by atoms with Gasteiger partial charge in [0.2, 0.25) is 0 Å². The van der Waals surface area contributed by atoms with E-state index in [0.29, 0.717) is 38.2 Å².